The van der Waals surface area contributed by atoms with E-state index in [1.54, 1.807) is 0 Å². The van der Waals surface area contributed by atoms with Crippen LogP contribution >= 0.6 is 19.9 Å². The van der Waals surface area contributed by atoms with Crippen molar-refractivity contribution in [1.29, 1.82) is 0 Å². The number of halogens is 1. The second-order valence-electron chi connectivity index (χ2n) is 1.34. The standard InChI is InChI=1S/C4H7ClO4P/c1-8-10(7)9-3-2-4(5)6/h2-3H2,1H3/q+1. The predicted molar refractivity (Wildman–Crippen MR) is 36.0 cm³/mol. The molecule has 0 aromatic carbocycles. The van der Waals surface area contributed by atoms with Gasteiger partial charge in [0.1, 0.15) is 6.61 Å². The second-order valence-corrected chi connectivity index (χ2v) is 2.84. The summed E-state index contributed by atoms with van der Waals surface area (Å²) in [5, 5.41) is -0.514. The number of rotatable bonds is 5. The Kier molecular flexibility index (Phi) is 5.73. The summed E-state index contributed by atoms with van der Waals surface area (Å²) in [6, 6.07) is 0. The van der Waals surface area contributed by atoms with E-state index in [0.29, 0.717) is 0 Å². The molecule has 0 saturated carbocycles. The topological polar surface area (TPSA) is 52.6 Å². The molecular weight excluding hydrogens is 178 g/mol. The summed E-state index contributed by atoms with van der Waals surface area (Å²) in [6.07, 6.45) is 0.0476. The van der Waals surface area contributed by atoms with Gasteiger partial charge in [-0.05, 0) is 11.6 Å². The monoisotopic (exact) mass is 185 g/mol. The van der Waals surface area contributed by atoms with E-state index in [1.807, 2.05) is 0 Å². The van der Waals surface area contributed by atoms with E-state index in [-0.39, 0.29) is 13.0 Å². The third-order valence-corrected chi connectivity index (χ3v) is 1.52. The van der Waals surface area contributed by atoms with Crippen LogP contribution in [-0.2, 0) is 18.4 Å². The molecule has 0 spiro atoms. The lowest BCUT2D eigenvalue weighted by Gasteiger charge is -1.83. The minimum atomic E-state index is -2.07. The van der Waals surface area contributed by atoms with E-state index in [4.69, 9.17) is 11.6 Å². The average Bonchev–Trinajstić information content (AvgIpc) is 1.87. The molecule has 4 nitrogen and oxygen atoms in total. The largest absolute Gasteiger partial charge is 0.697 e. The van der Waals surface area contributed by atoms with Crippen LogP contribution in [0.1, 0.15) is 6.42 Å². The van der Waals surface area contributed by atoms with Gasteiger partial charge in [0.05, 0.1) is 13.5 Å². The van der Waals surface area contributed by atoms with Gasteiger partial charge in [-0.25, -0.2) is 0 Å². The molecule has 6 heteroatoms. The molecule has 0 aliphatic rings. The molecule has 10 heavy (non-hydrogen) atoms. The van der Waals surface area contributed by atoms with Gasteiger partial charge in [0.15, 0.2) is 0 Å². The second kappa shape index (κ2) is 5.74. The smallest absolute Gasteiger partial charge is 0.281 e. The van der Waals surface area contributed by atoms with Crippen LogP contribution in [0, 0.1) is 0 Å². The summed E-state index contributed by atoms with van der Waals surface area (Å²) in [4.78, 5) is 10.1. The minimum absolute atomic E-state index is 0.0331. The lowest BCUT2D eigenvalue weighted by atomic mass is 10.5. The van der Waals surface area contributed by atoms with Crippen molar-refractivity contribution in [3.05, 3.63) is 0 Å². The fourth-order valence-electron chi connectivity index (χ4n) is 0.253. The highest BCUT2D eigenvalue weighted by atomic mass is 35.5. The highest BCUT2D eigenvalue weighted by Crippen LogP contribution is 2.21. The summed E-state index contributed by atoms with van der Waals surface area (Å²) in [5.41, 5.74) is 0. The maximum atomic E-state index is 10.3. The molecule has 0 saturated heterocycles. The Hall–Kier alpha value is -0.0200. The Labute approximate surface area is 64.4 Å². The van der Waals surface area contributed by atoms with E-state index in [1.165, 1.54) is 7.11 Å². The Bertz CT molecular complexity index is 137. The van der Waals surface area contributed by atoms with Gasteiger partial charge in [0.2, 0.25) is 5.24 Å². The van der Waals surface area contributed by atoms with Gasteiger partial charge >= 0.3 is 8.25 Å². The molecule has 1 unspecified atom stereocenters. The van der Waals surface area contributed by atoms with Crippen molar-refractivity contribution in [3.63, 3.8) is 0 Å². The van der Waals surface area contributed by atoms with Gasteiger partial charge in [-0.3, -0.25) is 4.79 Å². The summed E-state index contributed by atoms with van der Waals surface area (Å²) >= 11 is 4.95. The molecule has 0 N–H and O–H groups in total. The molecule has 0 bridgehead atoms. The lowest BCUT2D eigenvalue weighted by Crippen LogP contribution is -1.93. The zero-order chi connectivity index (χ0) is 7.98. The van der Waals surface area contributed by atoms with Crippen molar-refractivity contribution < 1.29 is 18.4 Å². The van der Waals surface area contributed by atoms with Crippen LogP contribution in [0.5, 0.6) is 0 Å². The first-order valence-corrected chi connectivity index (χ1v) is 3.96. The first kappa shape index (κ1) is 9.98. The van der Waals surface area contributed by atoms with Crippen molar-refractivity contribution in [3.8, 4) is 0 Å². The van der Waals surface area contributed by atoms with Crippen molar-refractivity contribution in [2.75, 3.05) is 13.7 Å². The maximum Gasteiger partial charge on any atom is 0.697 e. The van der Waals surface area contributed by atoms with Crippen LogP contribution in [0.4, 0.5) is 0 Å². The van der Waals surface area contributed by atoms with Crippen LogP contribution in [0.25, 0.3) is 0 Å². The number of carbonyl (C=O) groups excluding carboxylic acids is 1. The Morgan fingerprint density at radius 3 is 2.70 bits per heavy atom. The summed E-state index contributed by atoms with van der Waals surface area (Å²) in [5.74, 6) is 0. The molecule has 0 rings (SSSR count). The molecule has 1 atom stereocenters. The fraction of sp³-hybridized carbons (Fsp3) is 0.750. The minimum Gasteiger partial charge on any atom is -0.281 e. The SMILES string of the molecule is CO[P+](=O)OCCC(=O)Cl. The van der Waals surface area contributed by atoms with Gasteiger partial charge in [0.25, 0.3) is 0 Å². The Morgan fingerprint density at radius 1 is 1.70 bits per heavy atom. The Morgan fingerprint density at radius 2 is 2.30 bits per heavy atom. The van der Waals surface area contributed by atoms with E-state index < -0.39 is 13.5 Å². The number of hydrogen-bond donors (Lipinski definition) is 0. The highest BCUT2D eigenvalue weighted by Gasteiger charge is 2.16. The van der Waals surface area contributed by atoms with Gasteiger partial charge in [-0.1, -0.05) is 0 Å². The van der Waals surface area contributed by atoms with Gasteiger partial charge in [-0.15, -0.1) is 9.05 Å². The first-order valence-electron chi connectivity index (χ1n) is 2.49. The van der Waals surface area contributed by atoms with Crippen LogP contribution < -0.4 is 0 Å². The summed E-state index contributed by atoms with van der Waals surface area (Å²) < 4.78 is 19.1. The van der Waals surface area contributed by atoms with E-state index >= 15 is 0 Å². The van der Waals surface area contributed by atoms with Crippen LogP contribution in [0.15, 0.2) is 0 Å². The molecule has 0 fully saturated rings. The molecule has 0 aliphatic heterocycles. The quantitative estimate of drug-likeness (QED) is 0.481. The molecular formula is C4H7ClO4P+. The average molecular weight is 186 g/mol. The molecule has 0 heterocycles. The third-order valence-electron chi connectivity index (χ3n) is 0.644. The molecule has 0 aliphatic carbocycles. The zero-order valence-electron chi connectivity index (χ0n) is 5.37. The normalized spacial score (nSPS) is 11.2. The lowest BCUT2D eigenvalue weighted by molar-refractivity contribution is -0.112. The van der Waals surface area contributed by atoms with E-state index in [2.05, 4.69) is 9.05 Å². The molecule has 0 amide bonds. The molecule has 0 aromatic heterocycles. The predicted octanol–water partition coefficient (Wildman–Crippen LogP) is 1.46. The van der Waals surface area contributed by atoms with Crippen molar-refractivity contribution in [2.24, 2.45) is 0 Å². The van der Waals surface area contributed by atoms with Crippen LogP contribution in [0.2, 0.25) is 0 Å². The third kappa shape index (κ3) is 6.11. The van der Waals surface area contributed by atoms with Gasteiger partial charge in [-0.2, -0.15) is 0 Å². The number of hydrogen-bond acceptors (Lipinski definition) is 4. The van der Waals surface area contributed by atoms with Gasteiger partial charge in [0, 0.05) is 4.57 Å². The van der Waals surface area contributed by atoms with Gasteiger partial charge < -0.3 is 0 Å². The molecule has 0 aromatic rings. The first-order chi connectivity index (χ1) is 4.66. The van der Waals surface area contributed by atoms with Crippen molar-refractivity contribution >= 4 is 25.1 Å². The Balaban J connectivity index is 3.20. The van der Waals surface area contributed by atoms with Crippen molar-refractivity contribution in [1.82, 2.24) is 0 Å². The van der Waals surface area contributed by atoms with Crippen molar-refractivity contribution in [2.45, 2.75) is 6.42 Å². The fourth-order valence-corrected chi connectivity index (χ4v) is 0.676. The highest BCUT2D eigenvalue weighted by molar-refractivity contribution is 7.33. The van der Waals surface area contributed by atoms with E-state index in [0.717, 1.165) is 0 Å². The van der Waals surface area contributed by atoms with Crippen LogP contribution in [-0.4, -0.2) is 19.0 Å². The zero-order valence-corrected chi connectivity index (χ0v) is 7.02. The summed E-state index contributed by atoms with van der Waals surface area (Å²) in [7, 11) is -0.819. The van der Waals surface area contributed by atoms with E-state index in [9.17, 15) is 9.36 Å². The molecule has 0 radical (unpaired) electrons. The summed E-state index contributed by atoms with van der Waals surface area (Å²) in [6.45, 7) is 0.0331. The molecule has 58 valence electrons. The maximum absolute atomic E-state index is 10.3. The number of carbonyl (C=O) groups is 1. The van der Waals surface area contributed by atoms with Crippen LogP contribution in [0.3, 0.4) is 0 Å².